The summed E-state index contributed by atoms with van der Waals surface area (Å²) in [6.07, 6.45) is 2.29. The number of amides is 2. The van der Waals surface area contributed by atoms with Crippen molar-refractivity contribution in [2.45, 2.75) is 38.9 Å². The van der Waals surface area contributed by atoms with Crippen molar-refractivity contribution < 1.29 is 4.79 Å². The lowest BCUT2D eigenvalue weighted by molar-refractivity contribution is 0.237. The largest absolute Gasteiger partial charge is 0.335 e. The maximum atomic E-state index is 12.0. The number of carbonyl (C=O) groups is 1. The van der Waals surface area contributed by atoms with E-state index < -0.39 is 0 Å². The molecule has 0 aromatic heterocycles. The van der Waals surface area contributed by atoms with Crippen LogP contribution in [0.5, 0.6) is 0 Å². The molecule has 1 heterocycles. The van der Waals surface area contributed by atoms with E-state index in [9.17, 15) is 4.79 Å². The van der Waals surface area contributed by atoms with Crippen molar-refractivity contribution in [3.63, 3.8) is 0 Å². The highest BCUT2D eigenvalue weighted by Crippen LogP contribution is 2.16. The Morgan fingerprint density at radius 3 is 2.95 bits per heavy atom. The first-order valence-corrected chi connectivity index (χ1v) is 9.21. The second-order valence-corrected chi connectivity index (χ2v) is 7.04. The van der Waals surface area contributed by atoms with Crippen LogP contribution in [0, 0.1) is 0 Å². The fourth-order valence-corrected chi connectivity index (χ4v) is 3.61. The van der Waals surface area contributed by atoms with Gasteiger partial charge in [-0.2, -0.15) is 11.8 Å². The van der Waals surface area contributed by atoms with E-state index in [1.807, 2.05) is 11.8 Å². The summed E-state index contributed by atoms with van der Waals surface area (Å²) in [5.41, 5.74) is 2.43. The third kappa shape index (κ3) is 5.89. The van der Waals surface area contributed by atoms with Gasteiger partial charge >= 0.3 is 6.03 Å². The van der Waals surface area contributed by atoms with E-state index in [0.717, 1.165) is 30.8 Å². The van der Waals surface area contributed by atoms with Crippen molar-refractivity contribution in [3.8, 4) is 0 Å². The van der Waals surface area contributed by atoms with Crippen LogP contribution in [0.15, 0.2) is 24.3 Å². The molecule has 1 fully saturated rings. The minimum absolute atomic E-state index is 0.0522. The average Bonchev–Trinajstić information content (AvgIpc) is 2.54. The summed E-state index contributed by atoms with van der Waals surface area (Å²) in [5.74, 6) is 2.26. The zero-order valence-electron chi connectivity index (χ0n) is 13.6. The minimum Gasteiger partial charge on any atom is -0.335 e. The summed E-state index contributed by atoms with van der Waals surface area (Å²) < 4.78 is 0. The van der Waals surface area contributed by atoms with Gasteiger partial charge in [0.2, 0.25) is 0 Å². The molecule has 122 valence electrons. The third-order valence-electron chi connectivity index (χ3n) is 3.93. The first kappa shape index (κ1) is 17.2. The van der Waals surface area contributed by atoms with Gasteiger partial charge in [-0.05, 0) is 43.3 Å². The normalized spacial score (nSPS) is 18.2. The summed E-state index contributed by atoms with van der Waals surface area (Å²) in [4.78, 5) is 14.2. The summed E-state index contributed by atoms with van der Waals surface area (Å²) in [6.45, 7) is 4.70. The Hall–Kier alpha value is -1.20. The molecule has 0 bridgehead atoms. The van der Waals surface area contributed by atoms with Crippen molar-refractivity contribution in [1.82, 2.24) is 15.5 Å². The maximum absolute atomic E-state index is 12.0. The second kappa shape index (κ2) is 9.06. The Bertz CT molecular complexity index is 475. The van der Waals surface area contributed by atoms with Gasteiger partial charge in [-0.15, -0.1) is 0 Å². The number of thioether (sulfide) groups is 1. The van der Waals surface area contributed by atoms with E-state index in [2.05, 4.69) is 53.8 Å². The fraction of sp³-hybridized carbons (Fsp3) is 0.588. The molecule has 1 aliphatic rings. The van der Waals surface area contributed by atoms with Crippen molar-refractivity contribution in [3.05, 3.63) is 35.4 Å². The zero-order valence-corrected chi connectivity index (χ0v) is 14.4. The zero-order chi connectivity index (χ0) is 15.8. The van der Waals surface area contributed by atoms with Crippen molar-refractivity contribution in [1.29, 1.82) is 0 Å². The quantitative estimate of drug-likeness (QED) is 0.847. The Morgan fingerprint density at radius 1 is 1.41 bits per heavy atom. The molecule has 2 N–H and O–H groups in total. The van der Waals surface area contributed by atoms with Crippen molar-refractivity contribution in [2.24, 2.45) is 0 Å². The van der Waals surface area contributed by atoms with Gasteiger partial charge in [-0.25, -0.2) is 4.79 Å². The molecule has 22 heavy (non-hydrogen) atoms. The highest BCUT2D eigenvalue weighted by Gasteiger charge is 2.15. The first-order valence-electron chi connectivity index (χ1n) is 8.06. The second-order valence-electron chi connectivity index (χ2n) is 5.89. The Labute approximate surface area is 138 Å². The summed E-state index contributed by atoms with van der Waals surface area (Å²) >= 11 is 1.92. The molecular formula is C17H27N3OS. The first-order chi connectivity index (χ1) is 10.7. The number of hydrogen-bond donors (Lipinski definition) is 2. The summed E-state index contributed by atoms with van der Waals surface area (Å²) in [6, 6.07) is 8.70. The van der Waals surface area contributed by atoms with Crippen LogP contribution >= 0.6 is 11.8 Å². The average molecular weight is 321 g/mol. The van der Waals surface area contributed by atoms with Gasteiger partial charge in [0.25, 0.3) is 0 Å². The number of benzene rings is 1. The number of carbonyl (C=O) groups excluding carboxylic acids is 1. The predicted molar refractivity (Wildman–Crippen MR) is 94.2 cm³/mol. The number of nitrogens with zero attached hydrogens (tertiary/aromatic N) is 1. The van der Waals surface area contributed by atoms with Crippen molar-refractivity contribution in [2.75, 3.05) is 25.1 Å². The van der Waals surface area contributed by atoms with Gasteiger partial charge < -0.3 is 15.5 Å². The van der Waals surface area contributed by atoms with E-state index in [4.69, 9.17) is 0 Å². The Morgan fingerprint density at radius 2 is 2.23 bits per heavy atom. The van der Waals surface area contributed by atoms with E-state index in [1.165, 1.54) is 17.7 Å². The van der Waals surface area contributed by atoms with E-state index in [0.29, 0.717) is 12.6 Å². The predicted octanol–water partition coefficient (Wildman–Crippen LogP) is 2.83. The molecule has 4 nitrogen and oxygen atoms in total. The van der Waals surface area contributed by atoms with Gasteiger partial charge in [-0.1, -0.05) is 31.2 Å². The molecule has 2 amide bonds. The molecule has 1 aliphatic heterocycles. The molecule has 1 aromatic carbocycles. The Balaban J connectivity index is 1.78. The van der Waals surface area contributed by atoms with Gasteiger partial charge in [0.05, 0.1) is 0 Å². The fourth-order valence-electron chi connectivity index (χ4n) is 2.53. The standard InChI is InChI=1S/C17H27N3OS/c1-3-20(2)12-15-7-4-6-14(10-15)11-18-17(21)19-16-8-5-9-22-13-16/h4,6-7,10,16H,3,5,8-9,11-13H2,1-2H3,(H2,18,19,21). The van der Waals surface area contributed by atoms with Gasteiger partial charge in [-0.3, -0.25) is 0 Å². The van der Waals surface area contributed by atoms with Gasteiger partial charge in [0, 0.05) is 24.9 Å². The van der Waals surface area contributed by atoms with E-state index >= 15 is 0 Å². The molecular weight excluding hydrogens is 294 g/mol. The number of hydrogen-bond acceptors (Lipinski definition) is 3. The molecule has 2 rings (SSSR count). The van der Waals surface area contributed by atoms with Gasteiger partial charge in [0.15, 0.2) is 0 Å². The van der Waals surface area contributed by atoms with Crippen LogP contribution in [0.1, 0.15) is 30.9 Å². The summed E-state index contributed by atoms with van der Waals surface area (Å²) in [7, 11) is 2.11. The van der Waals surface area contributed by atoms with Crippen LogP contribution < -0.4 is 10.6 Å². The molecule has 0 aliphatic carbocycles. The highest BCUT2D eigenvalue weighted by atomic mass is 32.2. The van der Waals surface area contributed by atoms with Crippen LogP contribution in [-0.4, -0.2) is 42.1 Å². The highest BCUT2D eigenvalue weighted by molar-refractivity contribution is 7.99. The molecule has 1 atom stereocenters. The Kier molecular flexibility index (Phi) is 7.06. The van der Waals surface area contributed by atoms with Crippen LogP contribution in [0.4, 0.5) is 4.79 Å². The van der Waals surface area contributed by atoms with Crippen LogP contribution in [0.25, 0.3) is 0 Å². The molecule has 0 saturated carbocycles. The van der Waals surface area contributed by atoms with Crippen LogP contribution in [-0.2, 0) is 13.1 Å². The third-order valence-corrected chi connectivity index (χ3v) is 5.15. The van der Waals surface area contributed by atoms with Crippen molar-refractivity contribution >= 4 is 17.8 Å². The molecule has 0 radical (unpaired) electrons. The molecule has 5 heteroatoms. The lowest BCUT2D eigenvalue weighted by atomic mass is 10.1. The SMILES string of the molecule is CCN(C)Cc1cccc(CNC(=O)NC2CCCSC2)c1. The molecule has 1 saturated heterocycles. The number of urea groups is 1. The number of nitrogens with one attached hydrogen (secondary N) is 2. The topological polar surface area (TPSA) is 44.4 Å². The van der Waals surface area contributed by atoms with E-state index in [1.54, 1.807) is 0 Å². The summed E-state index contributed by atoms with van der Waals surface area (Å²) in [5, 5.41) is 6.03. The minimum atomic E-state index is -0.0522. The monoisotopic (exact) mass is 321 g/mol. The smallest absolute Gasteiger partial charge is 0.315 e. The van der Waals surface area contributed by atoms with Crippen LogP contribution in [0.3, 0.4) is 0 Å². The lowest BCUT2D eigenvalue weighted by Gasteiger charge is -2.22. The van der Waals surface area contributed by atoms with E-state index in [-0.39, 0.29) is 6.03 Å². The van der Waals surface area contributed by atoms with Crippen LogP contribution in [0.2, 0.25) is 0 Å². The van der Waals surface area contributed by atoms with Gasteiger partial charge in [0.1, 0.15) is 0 Å². The lowest BCUT2D eigenvalue weighted by Crippen LogP contribution is -2.44. The molecule has 1 aromatic rings. The molecule has 1 unspecified atom stereocenters. The maximum Gasteiger partial charge on any atom is 0.315 e. The molecule has 0 spiro atoms. The number of rotatable bonds is 6.